The molecule has 7 nitrogen and oxygen atoms in total. The summed E-state index contributed by atoms with van der Waals surface area (Å²) >= 11 is 7.09. The number of hydrogen-bond acceptors (Lipinski definition) is 6. The number of amides is 1. The zero-order valence-electron chi connectivity index (χ0n) is 13.9. The highest BCUT2D eigenvalue weighted by molar-refractivity contribution is 8.18. The highest BCUT2D eigenvalue weighted by atomic mass is 35.5. The van der Waals surface area contributed by atoms with Crippen LogP contribution in [0.25, 0.3) is 6.08 Å². The molecule has 0 saturated carbocycles. The maximum atomic E-state index is 12.2. The van der Waals surface area contributed by atoms with Gasteiger partial charge in [-0.2, -0.15) is 0 Å². The van der Waals surface area contributed by atoms with E-state index in [-0.39, 0.29) is 28.0 Å². The number of ether oxygens (including phenoxy) is 1. The highest BCUT2D eigenvalue weighted by Crippen LogP contribution is 2.36. The van der Waals surface area contributed by atoms with E-state index in [1.807, 2.05) is 0 Å². The lowest BCUT2D eigenvalue weighted by Gasteiger charge is -2.06. The van der Waals surface area contributed by atoms with Crippen LogP contribution in [0, 0.1) is 0 Å². The van der Waals surface area contributed by atoms with Gasteiger partial charge in [-0.1, -0.05) is 11.6 Å². The van der Waals surface area contributed by atoms with Gasteiger partial charge in [0.15, 0.2) is 16.7 Å². The molecule has 1 heterocycles. The molecule has 1 saturated heterocycles. The molecule has 0 spiro atoms. The molecule has 9 heteroatoms. The van der Waals surface area contributed by atoms with Crippen molar-refractivity contribution in [3.05, 3.63) is 57.5 Å². The van der Waals surface area contributed by atoms with Crippen molar-refractivity contribution >= 4 is 52.2 Å². The van der Waals surface area contributed by atoms with E-state index in [0.717, 1.165) is 11.8 Å². The molecule has 1 aliphatic heterocycles. The fraction of sp³-hybridized carbons (Fsp3) is 0.0556. The van der Waals surface area contributed by atoms with Crippen LogP contribution in [0.1, 0.15) is 15.9 Å². The van der Waals surface area contributed by atoms with Crippen molar-refractivity contribution in [3.8, 4) is 11.5 Å². The largest absolute Gasteiger partial charge is 0.503 e. The number of nitrogens with one attached hydrogen (secondary N) is 1. The van der Waals surface area contributed by atoms with Crippen LogP contribution < -0.4 is 10.1 Å². The lowest BCUT2D eigenvalue weighted by Crippen LogP contribution is -2.19. The number of phenols is 1. The predicted molar refractivity (Wildman–Crippen MR) is 104 cm³/mol. The molecule has 3 N–H and O–H groups in total. The monoisotopic (exact) mass is 404 g/mol. The third kappa shape index (κ3) is 4.24. The Morgan fingerprint density at radius 2 is 2.00 bits per heavy atom. The molecule has 0 aliphatic carbocycles. The third-order valence-electron chi connectivity index (χ3n) is 3.56. The second-order valence-corrected chi connectivity index (χ2v) is 6.83. The quantitative estimate of drug-likeness (QED) is 0.671. The Hall–Kier alpha value is -2.97. The number of nitrogens with zero attached hydrogens (tertiary/aromatic N) is 1. The first kappa shape index (κ1) is 18.8. The Morgan fingerprint density at radius 1 is 1.30 bits per heavy atom. The van der Waals surface area contributed by atoms with E-state index in [1.165, 1.54) is 25.3 Å². The van der Waals surface area contributed by atoms with E-state index in [0.29, 0.717) is 21.3 Å². The topological polar surface area (TPSA) is 108 Å². The van der Waals surface area contributed by atoms with Gasteiger partial charge in [0.2, 0.25) is 0 Å². The summed E-state index contributed by atoms with van der Waals surface area (Å²) in [6.45, 7) is 0. The molecule has 3 rings (SSSR count). The Balaban J connectivity index is 1.84. The second kappa shape index (κ2) is 7.73. The summed E-state index contributed by atoms with van der Waals surface area (Å²) in [6, 6.07) is 9.04. The van der Waals surface area contributed by atoms with E-state index >= 15 is 0 Å². The zero-order chi connectivity index (χ0) is 19.6. The molecule has 0 radical (unpaired) electrons. The van der Waals surface area contributed by atoms with Crippen LogP contribution in [0.15, 0.2) is 46.3 Å². The summed E-state index contributed by atoms with van der Waals surface area (Å²) in [4.78, 5) is 27.7. The van der Waals surface area contributed by atoms with Gasteiger partial charge in [0.1, 0.15) is 0 Å². The number of methoxy groups -OCH3 is 1. The number of halogens is 1. The molecule has 1 amide bonds. The second-order valence-electron chi connectivity index (χ2n) is 5.39. The van der Waals surface area contributed by atoms with Crippen LogP contribution in [-0.4, -0.2) is 34.4 Å². The van der Waals surface area contributed by atoms with E-state index in [9.17, 15) is 14.7 Å². The van der Waals surface area contributed by atoms with Crippen LogP contribution in [0.5, 0.6) is 11.5 Å². The fourth-order valence-corrected chi connectivity index (χ4v) is 3.32. The first-order chi connectivity index (χ1) is 12.9. The molecule has 2 aromatic rings. The highest BCUT2D eigenvalue weighted by Gasteiger charge is 2.24. The van der Waals surface area contributed by atoms with Crippen LogP contribution in [0.2, 0.25) is 5.02 Å². The Morgan fingerprint density at radius 3 is 2.63 bits per heavy atom. The summed E-state index contributed by atoms with van der Waals surface area (Å²) in [7, 11) is 1.40. The van der Waals surface area contributed by atoms with Gasteiger partial charge < -0.3 is 20.3 Å². The first-order valence-corrected chi connectivity index (χ1v) is 8.76. The lowest BCUT2D eigenvalue weighted by molar-refractivity contribution is -0.115. The molecule has 0 atom stereocenters. The minimum absolute atomic E-state index is 0.108. The molecule has 0 unspecified atom stereocenters. The minimum atomic E-state index is -1.02. The molecule has 0 bridgehead atoms. The number of thioether (sulfide) groups is 1. The molecule has 138 valence electrons. The number of carbonyl (C=O) groups is 2. The van der Waals surface area contributed by atoms with Crippen molar-refractivity contribution in [2.24, 2.45) is 4.99 Å². The summed E-state index contributed by atoms with van der Waals surface area (Å²) in [6.07, 6.45) is 1.60. The number of phenolic OH excluding ortho intramolecular Hbond substituents is 1. The summed E-state index contributed by atoms with van der Waals surface area (Å²) in [5.74, 6) is -1.32. The van der Waals surface area contributed by atoms with Crippen LogP contribution in [-0.2, 0) is 4.79 Å². The van der Waals surface area contributed by atoms with Crippen molar-refractivity contribution in [2.45, 2.75) is 0 Å². The van der Waals surface area contributed by atoms with E-state index in [4.69, 9.17) is 21.4 Å². The van der Waals surface area contributed by atoms with E-state index in [2.05, 4.69) is 10.3 Å². The van der Waals surface area contributed by atoms with Gasteiger partial charge in [0, 0.05) is 0 Å². The molecule has 27 heavy (non-hydrogen) atoms. The van der Waals surface area contributed by atoms with Crippen LogP contribution in [0.4, 0.5) is 5.69 Å². The third-order valence-corrected chi connectivity index (χ3v) is 4.76. The smallest absolute Gasteiger partial charge is 0.335 e. The number of aliphatic imine (C=N–C) groups is 1. The number of amidine groups is 1. The Kier molecular flexibility index (Phi) is 5.38. The van der Waals surface area contributed by atoms with Crippen molar-refractivity contribution in [3.63, 3.8) is 0 Å². The van der Waals surface area contributed by atoms with Crippen LogP contribution in [0.3, 0.4) is 0 Å². The molecule has 0 aromatic heterocycles. The van der Waals surface area contributed by atoms with Gasteiger partial charge in [-0.25, -0.2) is 9.79 Å². The number of aromatic carboxylic acids is 1. The normalized spacial score (nSPS) is 16.6. The average molecular weight is 405 g/mol. The average Bonchev–Trinajstić information content (AvgIpc) is 2.97. The van der Waals surface area contributed by atoms with Gasteiger partial charge in [-0.05, 0) is 59.8 Å². The van der Waals surface area contributed by atoms with Gasteiger partial charge >= 0.3 is 5.97 Å². The van der Waals surface area contributed by atoms with Gasteiger partial charge in [-0.3, -0.25) is 4.79 Å². The number of aromatic hydroxyl groups is 1. The zero-order valence-corrected chi connectivity index (χ0v) is 15.5. The summed E-state index contributed by atoms with van der Waals surface area (Å²) < 4.78 is 5.05. The molecule has 1 fully saturated rings. The minimum Gasteiger partial charge on any atom is -0.503 e. The number of hydrogen-bond donors (Lipinski definition) is 3. The number of benzene rings is 2. The number of carbonyl (C=O) groups excluding carboxylic acids is 1. The van der Waals surface area contributed by atoms with Crippen LogP contribution >= 0.6 is 23.4 Å². The van der Waals surface area contributed by atoms with Crippen molar-refractivity contribution in [1.82, 2.24) is 5.32 Å². The Labute approximate surface area is 163 Å². The maximum Gasteiger partial charge on any atom is 0.335 e. The number of rotatable bonds is 4. The standard InChI is InChI=1S/C18H13ClN2O5S/c1-26-13-7-9(6-12(19)15(13)22)8-14-16(23)21-18(27-14)20-11-4-2-10(3-5-11)17(24)25/h2-8,22H,1H3,(H,24,25)(H,20,21,23)/b14-8+. The van der Waals surface area contributed by atoms with E-state index in [1.54, 1.807) is 24.3 Å². The fourth-order valence-electron chi connectivity index (χ4n) is 2.26. The molecular weight excluding hydrogens is 392 g/mol. The molecular formula is C18H13ClN2O5S. The van der Waals surface area contributed by atoms with Crippen molar-refractivity contribution in [1.29, 1.82) is 0 Å². The number of carboxylic acids is 1. The van der Waals surface area contributed by atoms with Gasteiger partial charge in [-0.15, -0.1) is 0 Å². The summed E-state index contributed by atoms with van der Waals surface area (Å²) in [5.41, 5.74) is 1.25. The van der Waals surface area contributed by atoms with E-state index < -0.39 is 5.97 Å². The lowest BCUT2D eigenvalue weighted by atomic mass is 10.2. The molecule has 1 aliphatic rings. The SMILES string of the molecule is COc1cc(/C=C2/SC(=Nc3ccc(C(=O)O)cc3)NC2=O)cc(Cl)c1O. The molecule has 2 aromatic carbocycles. The van der Waals surface area contributed by atoms with Gasteiger partial charge in [0.05, 0.1) is 28.3 Å². The summed E-state index contributed by atoms with van der Waals surface area (Å²) in [5, 5.41) is 21.8. The van der Waals surface area contributed by atoms with Crippen molar-refractivity contribution in [2.75, 3.05) is 7.11 Å². The predicted octanol–water partition coefficient (Wildman–Crippen LogP) is 3.64. The number of carboxylic acid groups (broad SMARTS) is 1. The first-order valence-electron chi connectivity index (χ1n) is 7.57. The Bertz CT molecular complexity index is 986. The van der Waals surface area contributed by atoms with Crippen molar-refractivity contribution < 1.29 is 24.5 Å². The maximum absolute atomic E-state index is 12.2. The van der Waals surface area contributed by atoms with Gasteiger partial charge in [0.25, 0.3) is 5.91 Å².